The Bertz CT molecular complexity index is 735. The standard InChI is InChI=1S/C20H25N3O2/c24-19(14-17-5-1-2-13-25-17)23-11-8-15(9-12-23)18-7-6-16-4-3-10-21-20(16)22-18/h3-4,6-7,10,15,17H,1-2,5,8-9,11-14H2. The minimum absolute atomic E-state index is 0.132. The van der Waals surface area contributed by atoms with Crippen LogP contribution in [0.15, 0.2) is 30.5 Å². The quantitative estimate of drug-likeness (QED) is 0.861. The zero-order valence-corrected chi connectivity index (χ0v) is 14.6. The van der Waals surface area contributed by atoms with Crippen molar-refractivity contribution in [3.05, 3.63) is 36.2 Å². The van der Waals surface area contributed by atoms with Crippen molar-refractivity contribution in [2.75, 3.05) is 19.7 Å². The lowest BCUT2D eigenvalue weighted by Crippen LogP contribution is -2.40. The summed E-state index contributed by atoms with van der Waals surface area (Å²) in [6, 6.07) is 8.18. The normalized spacial score (nSPS) is 22.2. The molecular weight excluding hydrogens is 314 g/mol. The molecule has 1 unspecified atom stereocenters. The van der Waals surface area contributed by atoms with Gasteiger partial charge in [0.2, 0.25) is 5.91 Å². The largest absolute Gasteiger partial charge is 0.378 e. The Balaban J connectivity index is 1.34. The molecule has 0 aromatic carbocycles. The van der Waals surface area contributed by atoms with E-state index in [1.54, 1.807) is 6.20 Å². The van der Waals surface area contributed by atoms with Gasteiger partial charge in [0, 0.05) is 42.9 Å². The molecule has 0 N–H and O–H groups in total. The first-order valence-corrected chi connectivity index (χ1v) is 9.40. The van der Waals surface area contributed by atoms with Crippen molar-refractivity contribution >= 4 is 16.9 Å². The van der Waals surface area contributed by atoms with Gasteiger partial charge in [-0.15, -0.1) is 0 Å². The molecule has 2 aromatic rings. The van der Waals surface area contributed by atoms with Crippen molar-refractivity contribution in [3.63, 3.8) is 0 Å². The van der Waals surface area contributed by atoms with Crippen molar-refractivity contribution in [1.29, 1.82) is 0 Å². The number of pyridine rings is 2. The zero-order chi connectivity index (χ0) is 17.1. The molecule has 2 aromatic heterocycles. The van der Waals surface area contributed by atoms with E-state index in [0.29, 0.717) is 12.3 Å². The van der Waals surface area contributed by atoms with Crippen molar-refractivity contribution in [2.24, 2.45) is 0 Å². The zero-order valence-electron chi connectivity index (χ0n) is 14.6. The fourth-order valence-electron chi connectivity index (χ4n) is 3.91. The van der Waals surface area contributed by atoms with E-state index in [4.69, 9.17) is 9.72 Å². The Morgan fingerprint density at radius 1 is 1.16 bits per heavy atom. The highest BCUT2D eigenvalue weighted by atomic mass is 16.5. The Labute approximate surface area is 148 Å². The second kappa shape index (κ2) is 7.48. The monoisotopic (exact) mass is 339 g/mol. The van der Waals surface area contributed by atoms with Crippen molar-refractivity contribution in [1.82, 2.24) is 14.9 Å². The highest BCUT2D eigenvalue weighted by molar-refractivity contribution is 5.77. The molecule has 2 saturated heterocycles. The number of aromatic nitrogens is 2. The van der Waals surface area contributed by atoms with Gasteiger partial charge in [-0.1, -0.05) is 0 Å². The minimum Gasteiger partial charge on any atom is -0.378 e. The van der Waals surface area contributed by atoms with Gasteiger partial charge in [-0.25, -0.2) is 9.97 Å². The number of likely N-dealkylation sites (tertiary alicyclic amines) is 1. The molecule has 2 aliphatic heterocycles. The summed E-state index contributed by atoms with van der Waals surface area (Å²) in [5, 5.41) is 1.08. The van der Waals surface area contributed by atoms with Gasteiger partial charge in [-0.05, 0) is 56.4 Å². The highest BCUT2D eigenvalue weighted by Gasteiger charge is 2.27. The van der Waals surface area contributed by atoms with Crippen LogP contribution in [-0.4, -0.2) is 46.6 Å². The first kappa shape index (κ1) is 16.5. The minimum atomic E-state index is 0.132. The van der Waals surface area contributed by atoms with Gasteiger partial charge in [-0.2, -0.15) is 0 Å². The number of hydrogen-bond acceptors (Lipinski definition) is 4. The third-order valence-corrected chi connectivity index (χ3v) is 5.43. The Morgan fingerprint density at radius 3 is 2.84 bits per heavy atom. The van der Waals surface area contributed by atoms with E-state index in [2.05, 4.69) is 17.1 Å². The second-order valence-electron chi connectivity index (χ2n) is 7.13. The van der Waals surface area contributed by atoms with Crippen LogP contribution in [0.5, 0.6) is 0 Å². The van der Waals surface area contributed by atoms with Crippen LogP contribution in [0.3, 0.4) is 0 Å². The molecule has 0 saturated carbocycles. The molecule has 2 fully saturated rings. The molecule has 2 aliphatic rings. The summed E-state index contributed by atoms with van der Waals surface area (Å²) < 4.78 is 5.71. The van der Waals surface area contributed by atoms with Crippen LogP contribution in [0, 0.1) is 0 Å². The number of carbonyl (C=O) groups is 1. The third-order valence-electron chi connectivity index (χ3n) is 5.43. The molecule has 132 valence electrons. The van der Waals surface area contributed by atoms with Crippen LogP contribution in [0.2, 0.25) is 0 Å². The van der Waals surface area contributed by atoms with Gasteiger partial charge in [0.15, 0.2) is 5.65 Å². The maximum absolute atomic E-state index is 12.5. The molecule has 1 amide bonds. The molecular formula is C20H25N3O2. The Hall–Kier alpha value is -2.01. The van der Waals surface area contributed by atoms with Crippen molar-refractivity contribution in [2.45, 2.75) is 50.5 Å². The molecule has 4 rings (SSSR count). The van der Waals surface area contributed by atoms with E-state index in [-0.39, 0.29) is 12.0 Å². The summed E-state index contributed by atoms with van der Waals surface area (Å²) in [7, 11) is 0. The maximum atomic E-state index is 12.5. The smallest absolute Gasteiger partial charge is 0.225 e. The summed E-state index contributed by atoms with van der Waals surface area (Å²) in [5.74, 6) is 0.667. The van der Waals surface area contributed by atoms with Crippen LogP contribution in [-0.2, 0) is 9.53 Å². The number of ether oxygens (including phenoxy) is 1. The van der Waals surface area contributed by atoms with Crippen LogP contribution in [0.1, 0.15) is 50.1 Å². The molecule has 0 spiro atoms. The molecule has 0 radical (unpaired) electrons. The van der Waals surface area contributed by atoms with E-state index < -0.39 is 0 Å². The second-order valence-corrected chi connectivity index (χ2v) is 7.13. The topological polar surface area (TPSA) is 55.3 Å². The number of fused-ring (bicyclic) bond motifs is 1. The van der Waals surface area contributed by atoms with Gasteiger partial charge in [-0.3, -0.25) is 4.79 Å². The molecule has 0 bridgehead atoms. The van der Waals surface area contributed by atoms with Gasteiger partial charge in [0.1, 0.15) is 0 Å². The Kier molecular flexibility index (Phi) is 4.92. The number of hydrogen-bond donors (Lipinski definition) is 0. The number of rotatable bonds is 3. The van der Waals surface area contributed by atoms with Gasteiger partial charge >= 0.3 is 0 Å². The predicted octanol–water partition coefficient (Wildman–Crippen LogP) is 3.30. The van der Waals surface area contributed by atoms with E-state index in [9.17, 15) is 4.79 Å². The number of nitrogens with zero attached hydrogens (tertiary/aromatic N) is 3. The summed E-state index contributed by atoms with van der Waals surface area (Å²) >= 11 is 0. The number of amides is 1. The van der Waals surface area contributed by atoms with Crippen LogP contribution in [0.4, 0.5) is 0 Å². The van der Waals surface area contributed by atoms with Crippen molar-refractivity contribution < 1.29 is 9.53 Å². The average Bonchev–Trinajstić information content (AvgIpc) is 2.68. The van der Waals surface area contributed by atoms with Gasteiger partial charge in [0.25, 0.3) is 0 Å². The number of carbonyl (C=O) groups excluding carboxylic acids is 1. The summed E-state index contributed by atoms with van der Waals surface area (Å²) in [6.45, 7) is 2.44. The lowest BCUT2D eigenvalue weighted by atomic mass is 9.92. The fraction of sp³-hybridized carbons (Fsp3) is 0.550. The van der Waals surface area contributed by atoms with E-state index in [1.165, 1.54) is 6.42 Å². The van der Waals surface area contributed by atoms with E-state index >= 15 is 0 Å². The lowest BCUT2D eigenvalue weighted by Gasteiger charge is -2.33. The van der Waals surface area contributed by atoms with Crippen molar-refractivity contribution in [3.8, 4) is 0 Å². The maximum Gasteiger partial charge on any atom is 0.225 e. The van der Waals surface area contributed by atoms with Crippen LogP contribution < -0.4 is 0 Å². The van der Waals surface area contributed by atoms with E-state index in [0.717, 1.165) is 62.1 Å². The van der Waals surface area contributed by atoms with Gasteiger partial charge in [0.05, 0.1) is 12.5 Å². The molecule has 5 heteroatoms. The Morgan fingerprint density at radius 2 is 2.04 bits per heavy atom. The molecule has 25 heavy (non-hydrogen) atoms. The first-order valence-electron chi connectivity index (χ1n) is 9.40. The SMILES string of the molecule is O=C(CC1CCCCO1)N1CCC(c2ccc3cccnc3n2)CC1. The molecule has 1 atom stereocenters. The lowest BCUT2D eigenvalue weighted by molar-refractivity contribution is -0.136. The summed E-state index contributed by atoms with van der Waals surface area (Å²) in [6.07, 6.45) is 7.75. The summed E-state index contributed by atoms with van der Waals surface area (Å²) in [4.78, 5) is 23.6. The molecule has 5 nitrogen and oxygen atoms in total. The average molecular weight is 339 g/mol. The third kappa shape index (κ3) is 3.82. The van der Waals surface area contributed by atoms with E-state index in [1.807, 2.05) is 17.0 Å². The highest BCUT2D eigenvalue weighted by Crippen LogP contribution is 2.28. The summed E-state index contributed by atoms with van der Waals surface area (Å²) in [5.41, 5.74) is 1.92. The van der Waals surface area contributed by atoms with Crippen LogP contribution in [0.25, 0.3) is 11.0 Å². The molecule has 4 heterocycles. The fourth-order valence-corrected chi connectivity index (χ4v) is 3.91. The predicted molar refractivity (Wildman–Crippen MR) is 96.3 cm³/mol. The first-order chi connectivity index (χ1) is 12.3. The van der Waals surface area contributed by atoms with Gasteiger partial charge < -0.3 is 9.64 Å². The van der Waals surface area contributed by atoms with Crippen LogP contribution >= 0.6 is 0 Å². The number of piperidine rings is 1. The molecule has 0 aliphatic carbocycles.